The van der Waals surface area contributed by atoms with Crippen LogP contribution in [0.1, 0.15) is 33.6 Å². The number of nitrogens with zero attached hydrogens (tertiary/aromatic N) is 2. The maximum absolute atomic E-state index is 12.4. The van der Waals surface area contributed by atoms with E-state index in [2.05, 4.69) is 26.2 Å². The number of nitrogens with one attached hydrogen (secondary N) is 1. The van der Waals surface area contributed by atoms with Crippen molar-refractivity contribution in [3.63, 3.8) is 0 Å². The Morgan fingerprint density at radius 3 is 2.60 bits per heavy atom. The number of likely N-dealkylation sites (tertiary alicyclic amines) is 1. The number of carbonyl (C=O) groups excluding carboxylic acids is 2. The quantitative estimate of drug-likeness (QED) is 0.855. The van der Waals surface area contributed by atoms with Crippen LogP contribution in [0.2, 0.25) is 0 Å². The van der Waals surface area contributed by atoms with Crippen molar-refractivity contribution in [2.24, 2.45) is 5.92 Å². The number of hydrogen-bond donors (Lipinski definition) is 1. The Morgan fingerprint density at radius 2 is 1.92 bits per heavy atom. The van der Waals surface area contributed by atoms with Crippen LogP contribution in [0.3, 0.4) is 0 Å². The first-order valence-corrected chi connectivity index (χ1v) is 9.16. The summed E-state index contributed by atoms with van der Waals surface area (Å²) in [5.41, 5.74) is 1.27. The predicted molar refractivity (Wildman–Crippen MR) is 99.3 cm³/mol. The van der Waals surface area contributed by atoms with Crippen LogP contribution in [0.25, 0.3) is 0 Å². The number of piperidine rings is 1. The summed E-state index contributed by atoms with van der Waals surface area (Å²) in [5, 5.41) is 3.00. The smallest absolute Gasteiger partial charge is 0.255 e. The van der Waals surface area contributed by atoms with E-state index in [0.29, 0.717) is 36.7 Å². The normalized spacial score (nSPS) is 15.0. The van der Waals surface area contributed by atoms with Gasteiger partial charge in [-0.1, -0.05) is 12.1 Å². The summed E-state index contributed by atoms with van der Waals surface area (Å²) in [6.45, 7) is 2.06. The van der Waals surface area contributed by atoms with Crippen LogP contribution in [0, 0.1) is 5.92 Å². The van der Waals surface area contributed by atoms with Crippen LogP contribution in [-0.4, -0.2) is 41.3 Å². The lowest BCUT2D eigenvalue weighted by Crippen LogP contribution is -2.41. The van der Waals surface area contributed by atoms with Crippen LogP contribution in [0.5, 0.6) is 0 Å². The van der Waals surface area contributed by atoms with Crippen molar-refractivity contribution in [1.29, 1.82) is 0 Å². The minimum absolute atomic E-state index is 0.0313. The minimum atomic E-state index is -0.0682. The van der Waals surface area contributed by atoms with E-state index >= 15 is 0 Å². The van der Waals surface area contributed by atoms with E-state index in [1.54, 1.807) is 30.6 Å². The molecule has 130 valence electrons. The van der Waals surface area contributed by atoms with Crippen molar-refractivity contribution in [3.05, 3.63) is 64.4 Å². The molecule has 1 N–H and O–H groups in total. The molecule has 25 heavy (non-hydrogen) atoms. The van der Waals surface area contributed by atoms with Crippen molar-refractivity contribution < 1.29 is 9.59 Å². The Hall–Kier alpha value is -2.21. The summed E-state index contributed by atoms with van der Waals surface area (Å²) < 4.78 is 0.796. The fraction of sp³-hybridized carbons (Fsp3) is 0.316. The second-order valence-electron chi connectivity index (χ2n) is 6.17. The number of hydrogen-bond acceptors (Lipinski definition) is 3. The van der Waals surface area contributed by atoms with E-state index in [0.717, 1.165) is 17.3 Å². The Labute approximate surface area is 155 Å². The van der Waals surface area contributed by atoms with Gasteiger partial charge in [-0.2, -0.15) is 0 Å². The van der Waals surface area contributed by atoms with Crippen LogP contribution in [0.15, 0.2) is 53.3 Å². The molecular formula is C19H20BrN3O2. The van der Waals surface area contributed by atoms with E-state index < -0.39 is 0 Å². The molecule has 2 heterocycles. The number of benzene rings is 1. The van der Waals surface area contributed by atoms with Gasteiger partial charge in [-0.05, 0) is 59.0 Å². The van der Waals surface area contributed by atoms with Crippen molar-refractivity contribution in [3.8, 4) is 0 Å². The molecule has 0 unspecified atom stereocenters. The molecule has 1 fully saturated rings. The average molecular weight is 402 g/mol. The average Bonchev–Trinajstić information content (AvgIpc) is 2.67. The summed E-state index contributed by atoms with van der Waals surface area (Å²) in [5.74, 6) is 0.356. The minimum Gasteiger partial charge on any atom is -0.352 e. The molecule has 6 heteroatoms. The van der Waals surface area contributed by atoms with Crippen LogP contribution >= 0.6 is 15.9 Å². The van der Waals surface area contributed by atoms with Gasteiger partial charge in [0.15, 0.2) is 0 Å². The zero-order valence-electron chi connectivity index (χ0n) is 13.8. The summed E-state index contributed by atoms with van der Waals surface area (Å²) in [7, 11) is 0. The molecule has 0 aliphatic carbocycles. The number of rotatable bonds is 4. The van der Waals surface area contributed by atoms with E-state index in [9.17, 15) is 9.59 Å². The Morgan fingerprint density at radius 1 is 1.16 bits per heavy atom. The summed E-state index contributed by atoms with van der Waals surface area (Å²) in [6.07, 6.45) is 5.05. The number of pyridine rings is 1. The van der Waals surface area contributed by atoms with Crippen LogP contribution in [0.4, 0.5) is 0 Å². The van der Waals surface area contributed by atoms with Gasteiger partial charge in [0.1, 0.15) is 0 Å². The third-order valence-electron chi connectivity index (χ3n) is 4.48. The summed E-state index contributed by atoms with van der Waals surface area (Å²) >= 11 is 3.40. The highest BCUT2D eigenvalue weighted by Crippen LogP contribution is 2.19. The fourth-order valence-electron chi connectivity index (χ4n) is 2.99. The van der Waals surface area contributed by atoms with Gasteiger partial charge < -0.3 is 10.2 Å². The number of carbonyl (C=O) groups is 2. The Balaban J connectivity index is 1.47. The Kier molecular flexibility index (Phi) is 5.81. The van der Waals surface area contributed by atoms with Crippen LogP contribution in [-0.2, 0) is 0 Å². The van der Waals surface area contributed by atoms with Gasteiger partial charge in [-0.15, -0.1) is 0 Å². The molecule has 1 aliphatic rings. The second-order valence-corrected chi connectivity index (χ2v) is 7.02. The predicted octanol–water partition coefficient (Wildman–Crippen LogP) is 3.13. The molecular weight excluding hydrogens is 382 g/mol. The lowest BCUT2D eigenvalue weighted by molar-refractivity contribution is 0.0684. The Bertz CT molecular complexity index is 743. The molecule has 0 spiro atoms. The highest BCUT2D eigenvalue weighted by molar-refractivity contribution is 9.10. The zero-order valence-corrected chi connectivity index (χ0v) is 15.4. The molecule has 2 aromatic rings. The lowest BCUT2D eigenvalue weighted by atomic mass is 9.96. The molecule has 2 amide bonds. The SMILES string of the molecule is O=C(NCC1CCN(C(=O)c2cccnc2)CC1)c1ccccc1Br. The van der Waals surface area contributed by atoms with Gasteiger partial charge in [-0.3, -0.25) is 14.6 Å². The third-order valence-corrected chi connectivity index (χ3v) is 5.17. The maximum Gasteiger partial charge on any atom is 0.255 e. The molecule has 3 rings (SSSR count). The lowest BCUT2D eigenvalue weighted by Gasteiger charge is -2.32. The molecule has 0 bridgehead atoms. The molecule has 1 aliphatic heterocycles. The molecule has 1 aromatic carbocycles. The standard InChI is InChI=1S/C19H20BrN3O2/c20-17-6-2-1-5-16(17)18(24)22-12-14-7-10-23(11-8-14)19(25)15-4-3-9-21-13-15/h1-6,9,13-14H,7-8,10-12H2,(H,22,24). The highest BCUT2D eigenvalue weighted by Gasteiger charge is 2.24. The molecule has 1 saturated heterocycles. The molecule has 5 nitrogen and oxygen atoms in total. The molecule has 0 saturated carbocycles. The first kappa shape index (κ1) is 17.6. The van der Waals surface area contributed by atoms with Gasteiger partial charge in [0, 0.05) is 36.5 Å². The second kappa shape index (κ2) is 8.25. The summed E-state index contributed by atoms with van der Waals surface area (Å²) in [6, 6.07) is 11.0. The van der Waals surface area contributed by atoms with Crippen LogP contribution < -0.4 is 5.32 Å². The van der Waals surface area contributed by atoms with Gasteiger partial charge in [0.05, 0.1) is 11.1 Å². The molecule has 0 radical (unpaired) electrons. The highest BCUT2D eigenvalue weighted by atomic mass is 79.9. The van der Waals surface area contributed by atoms with E-state index in [-0.39, 0.29) is 11.8 Å². The summed E-state index contributed by atoms with van der Waals surface area (Å²) in [4.78, 5) is 30.5. The largest absolute Gasteiger partial charge is 0.352 e. The number of aromatic nitrogens is 1. The topological polar surface area (TPSA) is 62.3 Å². The monoisotopic (exact) mass is 401 g/mol. The van der Waals surface area contributed by atoms with Crippen molar-refractivity contribution in [1.82, 2.24) is 15.2 Å². The maximum atomic E-state index is 12.4. The van der Waals surface area contributed by atoms with Crippen molar-refractivity contribution in [2.75, 3.05) is 19.6 Å². The first-order valence-electron chi connectivity index (χ1n) is 8.37. The van der Waals surface area contributed by atoms with Crippen molar-refractivity contribution >= 4 is 27.7 Å². The van der Waals surface area contributed by atoms with E-state index in [1.807, 2.05) is 23.1 Å². The first-order chi connectivity index (χ1) is 12.1. The zero-order chi connectivity index (χ0) is 17.6. The van der Waals surface area contributed by atoms with Gasteiger partial charge in [0.25, 0.3) is 11.8 Å². The van der Waals surface area contributed by atoms with Gasteiger partial charge >= 0.3 is 0 Å². The van der Waals surface area contributed by atoms with E-state index in [1.165, 1.54) is 0 Å². The molecule has 0 atom stereocenters. The fourth-order valence-corrected chi connectivity index (χ4v) is 3.45. The number of amides is 2. The van der Waals surface area contributed by atoms with Gasteiger partial charge in [0.2, 0.25) is 0 Å². The van der Waals surface area contributed by atoms with E-state index in [4.69, 9.17) is 0 Å². The van der Waals surface area contributed by atoms with Gasteiger partial charge in [-0.25, -0.2) is 0 Å². The molecule has 1 aromatic heterocycles. The third kappa shape index (κ3) is 4.45. The van der Waals surface area contributed by atoms with Crippen molar-refractivity contribution in [2.45, 2.75) is 12.8 Å². The number of halogens is 1.